The lowest BCUT2D eigenvalue weighted by atomic mass is 9.79. The Morgan fingerprint density at radius 1 is 1.15 bits per heavy atom. The molecule has 0 aliphatic carbocycles. The summed E-state index contributed by atoms with van der Waals surface area (Å²) in [7, 11) is 0. The summed E-state index contributed by atoms with van der Waals surface area (Å²) in [5, 5.41) is 0. The number of amides is 2. The van der Waals surface area contributed by atoms with Gasteiger partial charge in [-0.2, -0.15) is 13.2 Å². The molecule has 3 aliphatic heterocycles. The second-order valence-corrected chi connectivity index (χ2v) is 9.61. The van der Waals surface area contributed by atoms with Crippen LogP contribution in [0.2, 0.25) is 0 Å². The van der Waals surface area contributed by atoms with Gasteiger partial charge in [-0.05, 0) is 61.4 Å². The highest BCUT2D eigenvalue weighted by atomic mass is 19.4. The lowest BCUT2D eigenvalue weighted by Crippen LogP contribution is -2.59. The maximum Gasteiger partial charge on any atom is 0.416 e. The number of nitrogens with zero attached hydrogens (tertiary/aromatic N) is 3. The van der Waals surface area contributed by atoms with Crippen LogP contribution >= 0.6 is 0 Å². The highest BCUT2D eigenvalue weighted by Crippen LogP contribution is 2.44. The first-order valence-corrected chi connectivity index (χ1v) is 11.4. The molecule has 3 heterocycles. The van der Waals surface area contributed by atoms with E-state index in [-0.39, 0.29) is 35.0 Å². The van der Waals surface area contributed by atoms with Crippen molar-refractivity contribution in [2.75, 3.05) is 31.1 Å². The fourth-order valence-corrected chi connectivity index (χ4v) is 5.56. The molecule has 8 heteroatoms. The molecule has 5 nitrogen and oxygen atoms in total. The van der Waals surface area contributed by atoms with E-state index in [9.17, 15) is 22.8 Å². The number of hydrogen-bond acceptors (Lipinski definition) is 3. The van der Waals surface area contributed by atoms with Crippen LogP contribution in [-0.4, -0.2) is 47.8 Å². The van der Waals surface area contributed by atoms with E-state index in [1.54, 1.807) is 41.3 Å². The van der Waals surface area contributed by atoms with Gasteiger partial charge in [-0.15, -0.1) is 0 Å². The number of carbonyl (C=O) groups excluding carboxylic acids is 2. The van der Waals surface area contributed by atoms with Crippen LogP contribution in [0.3, 0.4) is 0 Å². The smallest absolute Gasteiger partial charge is 0.338 e. The van der Waals surface area contributed by atoms with E-state index in [2.05, 4.69) is 11.5 Å². The molecule has 0 bridgehead atoms. The van der Waals surface area contributed by atoms with Crippen LogP contribution < -0.4 is 4.90 Å². The molecule has 2 aromatic rings. The van der Waals surface area contributed by atoms with Crippen LogP contribution in [0.5, 0.6) is 0 Å². The average Bonchev–Trinajstić information content (AvgIpc) is 3.39. The van der Waals surface area contributed by atoms with Gasteiger partial charge in [0.25, 0.3) is 5.91 Å². The number of alkyl halides is 3. The van der Waals surface area contributed by atoms with Gasteiger partial charge in [-0.3, -0.25) is 14.5 Å². The molecule has 0 aromatic heterocycles. The van der Waals surface area contributed by atoms with Crippen molar-refractivity contribution in [3.8, 4) is 0 Å². The van der Waals surface area contributed by atoms with Crippen molar-refractivity contribution in [1.82, 2.24) is 9.80 Å². The predicted octanol–water partition coefficient (Wildman–Crippen LogP) is 4.65. The zero-order chi connectivity index (χ0) is 24.3. The lowest BCUT2D eigenvalue weighted by molar-refractivity contribution is -0.138. The largest absolute Gasteiger partial charge is 0.416 e. The first kappa shape index (κ1) is 22.7. The molecule has 0 N–H and O–H groups in total. The number of fused-ring (bicyclic) bond motifs is 1. The molecule has 0 radical (unpaired) electrons. The summed E-state index contributed by atoms with van der Waals surface area (Å²) in [6, 6.07) is 11.3. The van der Waals surface area contributed by atoms with Gasteiger partial charge in [0.05, 0.1) is 12.1 Å². The summed E-state index contributed by atoms with van der Waals surface area (Å²) >= 11 is 0. The maximum absolute atomic E-state index is 14.1. The minimum absolute atomic E-state index is 0.0174. The van der Waals surface area contributed by atoms with Crippen LogP contribution in [0.25, 0.3) is 0 Å². The van der Waals surface area contributed by atoms with Crippen molar-refractivity contribution in [2.24, 2.45) is 5.41 Å². The fourth-order valence-electron chi connectivity index (χ4n) is 5.56. The summed E-state index contributed by atoms with van der Waals surface area (Å²) in [6.45, 7) is 8.04. The van der Waals surface area contributed by atoms with Gasteiger partial charge in [0, 0.05) is 42.3 Å². The van der Waals surface area contributed by atoms with Gasteiger partial charge in [0.1, 0.15) is 0 Å². The normalized spacial score (nSPS) is 20.4. The number of carbonyl (C=O) groups is 2. The van der Waals surface area contributed by atoms with E-state index in [4.69, 9.17) is 0 Å². The van der Waals surface area contributed by atoms with Crippen LogP contribution in [-0.2, 0) is 17.5 Å². The Kier molecular flexibility index (Phi) is 5.31. The molecule has 0 saturated carbocycles. The lowest BCUT2D eigenvalue weighted by Gasteiger charge is -2.48. The number of anilines is 1. The van der Waals surface area contributed by atoms with E-state index >= 15 is 0 Å². The second kappa shape index (κ2) is 7.98. The molecule has 178 valence electrons. The number of benzene rings is 2. The van der Waals surface area contributed by atoms with Crippen LogP contribution in [0.15, 0.2) is 55.1 Å². The van der Waals surface area contributed by atoms with Gasteiger partial charge in [-0.1, -0.05) is 24.8 Å². The van der Waals surface area contributed by atoms with E-state index in [1.807, 2.05) is 6.92 Å². The third-order valence-electron chi connectivity index (χ3n) is 7.47. The van der Waals surface area contributed by atoms with Crippen molar-refractivity contribution in [3.05, 3.63) is 77.4 Å². The fraction of sp³-hybridized carbons (Fsp3) is 0.385. The Morgan fingerprint density at radius 2 is 1.85 bits per heavy atom. The molecule has 34 heavy (non-hydrogen) atoms. The average molecular weight is 470 g/mol. The van der Waals surface area contributed by atoms with Crippen molar-refractivity contribution in [2.45, 2.75) is 32.1 Å². The molecule has 1 spiro atoms. The molecule has 2 aromatic carbocycles. The molecular weight excluding hydrogens is 443 g/mol. The van der Waals surface area contributed by atoms with E-state index in [1.165, 1.54) is 17.0 Å². The van der Waals surface area contributed by atoms with E-state index in [0.29, 0.717) is 30.9 Å². The standard InChI is InChI=1S/C26H26F3N3O2/c1-3-23(33)31-15-25(16-31)9-10-30(14-25)17(2)18-11-20-21(22(12-18)26(27,28)29)13-32(24(20)34)19-7-5-4-6-8-19/h3-8,11-12,17H,1,9-10,13-16H2,2H3. The molecule has 2 saturated heterocycles. The minimum atomic E-state index is -4.56. The van der Waals surface area contributed by atoms with Gasteiger partial charge >= 0.3 is 6.18 Å². The molecule has 1 atom stereocenters. The van der Waals surface area contributed by atoms with Gasteiger partial charge in [0.15, 0.2) is 0 Å². The SMILES string of the molecule is C=CC(=O)N1CC2(CCN(C(C)c3cc4c(c(C(F)(F)F)c3)CN(c3ccccc3)C4=O)C2)C1. The van der Waals surface area contributed by atoms with Gasteiger partial charge in [0.2, 0.25) is 5.91 Å². The first-order chi connectivity index (χ1) is 16.1. The third kappa shape index (κ3) is 3.70. The predicted molar refractivity (Wildman–Crippen MR) is 122 cm³/mol. The van der Waals surface area contributed by atoms with Crippen LogP contribution in [0.1, 0.15) is 46.4 Å². The van der Waals surface area contributed by atoms with E-state index < -0.39 is 17.6 Å². The number of likely N-dealkylation sites (tertiary alicyclic amines) is 2. The van der Waals surface area contributed by atoms with Crippen LogP contribution in [0, 0.1) is 5.41 Å². The number of hydrogen-bond donors (Lipinski definition) is 0. The Labute approximate surface area is 196 Å². The summed E-state index contributed by atoms with van der Waals surface area (Å²) < 4.78 is 42.2. The summed E-state index contributed by atoms with van der Waals surface area (Å²) in [6.07, 6.45) is -2.37. The Morgan fingerprint density at radius 3 is 2.50 bits per heavy atom. The zero-order valence-electron chi connectivity index (χ0n) is 18.9. The summed E-state index contributed by atoms with van der Waals surface area (Å²) in [4.78, 5) is 30.3. The van der Waals surface area contributed by atoms with Crippen molar-refractivity contribution >= 4 is 17.5 Å². The minimum Gasteiger partial charge on any atom is -0.338 e. The summed E-state index contributed by atoms with van der Waals surface area (Å²) in [5.41, 5.74) is 0.477. The van der Waals surface area contributed by atoms with E-state index in [0.717, 1.165) is 13.0 Å². The molecule has 2 amide bonds. The molecular formula is C26H26F3N3O2. The highest BCUT2D eigenvalue weighted by Gasteiger charge is 2.50. The molecule has 2 fully saturated rings. The molecule has 3 aliphatic rings. The number of rotatable bonds is 4. The molecule has 1 unspecified atom stereocenters. The van der Waals surface area contributed by atoms with Gasteiger partial charge < -0.3 is 9.80 Å². The number of halogens is 3. The quantitative estimate of drug-likeness (QED) is 0.613. The third-order valence-corrected chi connectivity index (χ3v) is 7.47. The second-order valence-electron chi connectivity index (χ2n) is 9.61. The van der Waals surface area contributed by atoms with Crippen LogP contribution in [0.4, 0.5) is 18.9 Å². The first-order valence-electron chi connectivity index (χ1n) is 11.4. The zero-order valence-corrected chi connectivity index (χ0v) is 18.9. The monoisotopic (exact) mass is 469 g/mol. The Bertz CT molecular complexity index is 1160. The van der Waals surface area contributed by atoms with Crippen molar-refractivity contribution in [3.63, 3.8) is 0 Å². The molecule has 5 rings (SSSR count). The number of para-hydroxylation sites is 1. The van der Waals surface area contributed by atoms with Crippen molar-refractivity contribution in [1.29, 1.82) is 0 Å². The van der Waals surface area contributed by atoms with Crippen molar-refractivity contribution < 1.29 is 22.8 Å². The van der Waals surface area contributed by atoms with Gasteiger partial charge in [-0.25, -0.2) is 0 Å². The highest BCUT2D eigenvalue weighted by molar-refractivity contribution is 6.10. The topological polar surface area (TPSA) is 43.9 Å². The Balaban J connectivity index is 1.42. The Hall–Kier alpha value is -3.13. The summed E-state index contributed by atoms with van der Waals surface area (Å²) in [5.74, 6) is -0.497. The maximum atomic E-state index is 14.1.